The maximum absolute atomic E-state index is 10.1. The largest absolute Gasteiger partial charge is 0.381 e. The number of thiophene rings is 1. The molecule has 2 heterocycles. The number of aromatic nitrogens is 2. The molecule has 0 aliphatic heterocycles. The molecule has 15 heavy (non-hydrogen) atoms. The number of halogens is 2. The molecule has 0 spiro atoms. The zero-order valence-electron chi connectivity index (χ0n) is 7.82. The van der Waals surface area contributed by atoms with Gasteiger partial charge in [-0.2, -0.15) is 5.10 Å². The highest BCUT2D eigenvalue weighted by Crippen LogP contribution is 2.37. The molecule has 0 bridgehead atoms. The molecule has 0 aromatic carbocycles. The Morgan fingerprint density at radius 2 is 2.27 bits per heavy atom. The Hall–Kier alpha value is -0.170. The highest BCUT2D eigenvalue weighted by Gasteiger charge is 2.17. The van der Waals surface area contributed by atoms with Gasteiger partial charge in [-0.1, -0.05) is 0 Å². The van der Waals surface area contributed by atoms with Gasteiger partial charge in [0.2, 0.25) is 0 Å². The van der Waals surface area contributed by atoms with Gasteiger partial charge in [-0.05, 0) is 44.0 Å². The lowest BCUT2D eigenvalue weighted by Crippen LogP contribution is -2.04. The van der Waals surface area contributed by atoms with Crippen LogP contribution in [0.3, 0.4) is 0 Å². The number of aryl methyl sites for hydroxylation is 1. The fraction of sp³-hybridized carbons (Fsp3) is 0.222. The van der Waals surface area contributed by atoms with E-state index in [1.165, 1.54) is 11.3 Å². The Bertz CT molecular complexity index is 461. The Morgan fingerprint density at radius 3 is 2.73 bits per heavy atom. The molecule has 2 rings (SSSR count). The third-order valence-electron chi connectivity index (χ3n) is 2.07. The molecule has 0 amide bonds. The van der Waals surface area contributed by atoms with Crippen LogP contribution in [0.1, 0.15) is 16.7 Å². The van der Waals surface area contributed by atoms with Crippen LogP contribution in [0.15, 0.2) is 26.6 Å². The Kier molecular flexibility index (Phi) is 3.30. The summed E-state index contributed by atoms with van der Waals surface area (Å²) >= 11 is 8.31. The van der Waals surface area contributed by atoms with Crippen molar-refractivity contribution in [1.29, 1.82) is 0 Å². The molecule has 1 N–H and O–H groups in total. The molecule has 2 aromatic heterocycles. The molecule has 0 aliphatic rings. The number of nitrogens with zero attached hydrogens (tertiary/aromatic N) is 2. The van der Waals surface area contributed by atoms with E-state index < -0.39 is 6.10 Å². The van der Waals surface area contributed by atoms with Crippen molar-refractivity contribution < 1.29 is 5.11 Å². The van der Waals surface area contributed by atoms with Gasteiger partial charge >= 0.3 is 0 Å². The Labute approximate surface area is 108 Å². The summed E-state index contributed by atoms with van der Waals surface area (Å²) in [6.45, 7) is 0. The van der Waals surface area contributed by atoms with Crippen LogP contribution in [0.4, 0.5) is 0 Å². The van der Waals surface area contributed by atoms with Gasteiger partial charge < -0.3 is 5.11 Å². The Morgan fingerprint density at radius 1 is 1.53 bits per heavy atom. The van der Waals surface area contributed by atoms with Gasteiger partial charge in [0, 0.05) is 22.6 Å². The van der Waals surface area contributed by atoms with Crippen molar-refractivity contribution in [3.63, 3.8) is 0 Å². The lowest BCUT2D eigenvalue weighted by molar-refractivity contribution is 0.213. The van der Waals surface area contributed by atoms with Gasteiger partial charge in [0.1, 0.15) is 6.10 Å². The zero-order chi connectivity index (χ0) is 11.0. The molecule has 1 atom stereocenters. The molecule has 0 aliphatic carbocycles. The molecule has 0 saturated heterocycles. The molecular formula is C9H8Br2N2OS. The summed E-state index contributed by atoms with van der Waals surface area (Å²) in [6, 6.07) is 3.72. The highest BCUT2D eigenvalue weighted by atomic mass is 79.9. The van der Waals surface area contributed by atoms with Gasteiger partial charge in [-0.3, -0.25) is 4.68 Å². The quantitative estimate of drug-likeness (QED) is 0.902. The minimum absolute atomic E-state index is 0.620. The van der Waals surface area contributed by atoms with E-state index in [0.29, 0.717) is 0 Å². The van der Waals surface area contributed by atoms with E-state index in [1.807, 2.05) is 19.2 Å². The van der Waals surface area contributed by atoms with Crippen LogP contribution in [0.5, 0.6) is 0 Å². The topological polar surface area (TPSA) is 38.0 Å². The van der Waals surface area contributed by atoms with Crippen molar-refractivity contribution in [2.24, 2.45) is 7.05 Å². The maximum atomic E-state index is 10.1. The van der Waals surface area contributed by atoms with Crippen molar-refractivity contribution in [2.75, 3.05) is 0 Å². The van der Waals surface area contributed by atoms with Crippen molar-refractivity contribution in [1.82, 2.24) is 9.78 Å². The molecule has 3 nitrogen and oxygen atoms in total. The fourth-order valence-corrected chi connectivity index (χ4v) is 3.38. The number of rotatable bonds is 2. The number of hydrogen-bond acceptors (Lipinski definition) is 3. The molecule has 0 saturated carbocycles. The summed E-state index contributed by atoms with van der Waals surface area (Å²) < 4.78 is 3.62. The third-order valence-corrected chi connectivity index (χ3v) is 5.38. The average Bonchev–Trinajstić information content (AvgIpc) is 2.74. The normalized spacial score (nSPS) is 13.1. The van der Waals surface area contributed by atoms with Crippen molar-refractivity contribution >= 4 is 43.2 Å². The lowest BCUT2D eigenvalue weighted by atomic mass is 10.2. The molecule has 2 aromatic rings. The molecule has 1 unspecified atom stereocenters. The monoisotopic (exact) mass is 350 g/mol. The van der Waals surface area contributed by atoms with E-state index in [2.05, 4.69) is 37.0 Å². The Balaban J connectivity index is 2.36. The lowest BCUT2D eigenvalue weighted by Gasteiger charge is -2.08. The van der Waals surface area contributed by atoms with Crippen LogP contribution in [-0.4, -0.2) is 14.9 Å². The first-order valence-electron chi connectivity index (χ1n) is 4.20. The van der Waals surface area contributed by atoms with Crippen LogP contribution >= 0.6 is 43.2 Å². The maximum Gasteiger partial charge on any atom is 0.130 e. The van der Waals surface area contributed by atoms with Crippen LogP contribution in [0, 0.1) is 0 Å². The van der Waals surface area contributed by atoms with E-state index in [-0.39, 0.29) is 0 Å². The van der Waals surface area contributed by atoms with E-state index in [1.54, 1.807) is 10.9 Å². The molecule has 0 fully saturated rings. The first kappa shape index (κ1) is 11.3. The second-order valence-corrected chi connectivity index (χ2v) is 6.31. The van der Waals surface area contributed by atoms with Gasteiger partial charge in [0.25, 0.3) is 0 Å². The first-order chi connectivity index (χ1) is 7.09. The van der Waals surface area contributed by atoms with Crippen LogP contribution in [0.2, 0.25) is 0 Å². The summed E-state index contributed by atoms with van der Waals surface area (Å²) in [5.41, 5.74) is 0.788. The molecule has 80 valence electrons. The van der Waals surface area contributed by atoms with Gasteiger partial charge in [0.15, 0.2) is 0 Å². The summed E-state index contributed by atoms with van der Waals surface area (Å²) in [6.07, 6.45) is 1.06. The van der Waals surface area contributed by atoms with Gasteiger partial charge in [0.05, 0.1) is 9.48 Å². The minimum atomic E-state index is -0.620. The number of aliphatic hydroxyl groups excluding tert-OH is 1. The van der Waals surface area contributed by atoms with Crippen LogP contribution < -0.4 is 0 Å². The predicted octanol–water partition coefficient (Wildman–Crippen LogP) is 3.09. The second-order valence-electron chi connectivity index (χ2n) is 3.05. The first-order valence-corrected chi connectivity index (χ1v) is 6.60. The molecule has 0 radical (unpaired) electrons. The molecular weight excluding hydrogens is 344 g/mol. The smallest absolute Gasteiger partial charge is 0.130 e. The molecule has 6 heteroatoms. The van der Waals surface area contributed by atoms with Crippen molar-refractivity contribution in [3.8, 4) is 0 Å². The summed E-state index contributed by atoms with van der Waals surface area (Å²) in [5, 5.41) is 14.1. The van der Waals surface area contributed by atoms with E-state index in [0.717, 1.165) is 18.8 Å². The van der Waals surface area contributed by atoms with E-state index in [4.69, 9.17) is 0 Å². The van der Waals surface area contributed by atoms with E-state index >= 15 is 0 Å². The predicted molar refractivity (Wildman–Crippen MR) is 67.0 cm³/mol. The standard InChI is InChI=1S/C9H8Br2N2OS/c1-13-6(2-3-12-13)8(14)7-4-5(10)9(11)15-7/h2-4,8,14H,1H3. The van der Waals surface area contributed by atoms with Gasteiger partial charge in [-0.15, -0.1) is 11.3 Å². The van der Waals surface area contributed by atoms with Crippen molar-refractivity contribution in [3.05, 3.63) is 37.2 Å². The SMILES string of the molecule is Cn1nccc1C(O)c1cc(Br)c(Br)s1. The number of hydrogen-bond donors (Lipinski definition) is 1. The van der Waals surface area contributed by atoms with Crippen LogP contribution in [0.25, 0.3) is 0 Å². The number of aliphatic hydroxyl groups is 1. The average molecular weight is 352 g/mol. The van der Waals surface area contributed by atoms with Gasteiger partial charge in [-0.25, -0.2) is 0 Å². The minimum Gasteiger partial charge on any atom is -0.381 e. The summed E-state index contributed by atoms with van der Waals surface area (Å²) in [7, 11) is 1.82. The second kappa shape index (κ2) is 4.37. The fourth-order valence-electron chi connectivity index (χ4n) is 1.30. The summed E-state index contributed by atoms with van der Waals surface area (Å²) in [5.74, 6) is 0. The van der Waals surface area contributed by atoms with Crippen LogP contribution in [-0.2, 0) is 7.05 Å². The highest BCUT2D eigenvalue weighted by molar-refractivity contribution is 9.13. The summed E-state index contributed by atoms with van der Waals surface area (Å²) in [4.78, 5) is 0.886. The third kappa shape index (κ3) is 2.18. The zero-order valence-corrected chi connectivity index (χ0v) is 11.8. The van der Waals surface area contributed by atoms with E-state index in [9.17, 15) is 5.11 Å². The van der Waals surface area contributed by atoms with Crippen molar-refractivity contribution in [2.45, 2.75) is 6.10 Å².